The van der Waals surface area contributed by atoms with Gasteiger partial charge in [0, 0.05) is 6.42 Å². The number of carbonyl (C=O) groups excluding carboxylic acids is 1. The van der Waals surface area contributed by atoms with Gasteiger partial charge in [-0.3, -0.25) is 9.69 Å². The van der Waals surface area contributed by atoms with Gasteiger partial charge in [-0.15, -0.1) is 0 Å². The molecule has 3 heteroatoms. The normalized spacial score (nSPS) is 15.4. The molecule has 25 heavy (non-hydrogen) atoms. The molecule has 3 atom stereocenters. The third kappa shape index (κ3) is 8.35. The molecule has 1 aromatic carbocycles. The number of carbonyl (C=O) groups is 1. The van der Waals surface area contributed by atoms with Gasteiger partial charge in [0.2, 0.25) is 0 Å². The molecule has 0 radical (unpaired) electrons. The van der Waals surface area contributed by atoms with E-state index in [-0.39, 0.29) is 17.6 Å². The van der Waals surface area contributed by atoms with Crippen LogP contribution in [0.1, 0.15) is 52.0 Å². The molecule has 0 saturated carbocycles. The lowest BCUT2D eigenvalue weighted by Crippen LogP contribution is -2.37. The van der Waals surface area contributed by atoms with E-state index in [1.54, 1.807) is 12.1 Å². The lowest BCUT2D eigenvalue weighted by atomic mass is 9.94. The van der Waals surface area contributed by atoms with Crippen molar-refractivity contribution in [3.05, 3.63) is 42.0 Å². The average molecular weight is 346 g/mol. The van der Waals surface area contributed by atoms with E-state index in [1.165, 1.54) is 12.8 Å². The molecule has 0 aliphatic carbocycles. The van der Waals surface area contributed by atoms with Gasteiger partial charge in [-0.1, -0.05) is 51.5 Å². The van der Waals surface area contributed by atoms with Gasteiger partial charge in [0.05, 0.1) is 6.04 Å². The van der Waals surface area contributed by atoms with Crippen LogP contribution in [0.3, 0.4) is 0 Å². The molecule has 1 N–H and O–H groups in total. The maximum atomic E-state index is 12.6. The maximum absolute atomic E-state index is 12.6. The molecule has 0 heterocycles. The second-order valence-electron chi connectivity index (χ2n) is 7.51. The Morgan fingerprint density at radius 2 is 1.84 bits per heavy atom. The van der Waals surface area contributed by atoms with E-state index in [1.807, 2.05) is 31.1 Å². The van der Waals surface area contributed by atoms with Crippen molar-refractivity contribution < 1.29 is 9.90 Å². The number of ketones is 1. The maximum Gasteiger partial charge on any atom is 0.150 e. The van der Waals surface area contributed by atoms with E-state index >= 15 is 0 Å². The monoisotopic (exact) mass is 345 g/mol. The lowest BCUT2D eigenvalue weighted by molar-refractivity contribution is -0.123. The van der Waals surface area contributed by atoms with Crippen LogP contribution in [0.15, 0.2) is 36.4 Å². The summed E-state index contributed by atoms with van der Waals surface area (Å²) in [4.78, 5) is 14.6. The minimum atomic E-state index is -0.115. The molecule has 0 bridgehead atoms. The summed E-state index contributed by atoms with van der Waals surface area (Å²) < 4.78 is 0. The van der Waals surface area contributed by atoms with E-state index in [0.29, 0.717) is 18.8 Å². The zero-order chi connectivity index (χ0) is 18.8. The molecule has 0 amide bonds. The number of allylic oxidation sites excluding steroid dienone is 2. The summed E-state index contributed by atoms with van der Waals surface area (Å²) in [5.74, 6) is 1.86. The van der Waals surface area contributed by atoms with Gasteiger partial charge in [-0.25, -0.2) is 0 Å². The Balaban J connectivity index is 2.50. The summed E-state index contributed by atoms with van der Waals surface area (Å²) in [6, 6.07) is 7.00. The predicted octanol–water partition coefficient (Wildman–Crippen LogP) is 4.84. The van der Waals surface area contributed by atoms with E-state index in [2.05, 4.69) is 32.9 Å². The minimum Gasteiger partial charge on any atom is -0.508 e. The van der Waals surface area contributed by atoms with Crippen molar-refractivity contribution in [2.75, 3.05) is 14.1 Å². The first-order valence-corrected chi connectivity index (χ1v) is 9.47. The largest absolute Gasteiger partial charge is 0.508 e. The first kappa shape index (κ1) is 21.4. The number of hydrogen-bond acceptors (Lipinski definition) is 3. The number of phenols is 1. The Bertz CT molecular complexity index is 533. The smallest absolute Gasteiger partial charge is 0.150 e. The zero-order valence-electron chi connectivity index (χ0n) is 16.5. The van der Waals surface area contributed by atoms with Crippen LogP contribution in [-0.2, 0) is 11.2 Å². The fraction of sp³-hybridized carbons (Fsp3) is 0.591. The van der Waals surface area contributed by atoms with Crippen LogP contribution in [0.5, 0.6) is 5.75 Å². The van der Waals surface area contributed by atoms with Gasteiger partial charge in [-0.05, 0) is 62.9 Å². The van der Waals surface area contributed by atoms with E-state index in [9.17, 15) is 9.90 Å². The van der Waals surface area contributed by atoms with Gasteiger partial charge in [0.1, 0.15) is 5.75 Å². The Morgan fingerprint density at radius 1 is 1.20 bits per heavy atom. The summed E-state index contributed by atoms with van der Waals surface area (Å²) in [6.07, 6.45) is 8.92. The molecule has 0 spiro atoms. The fourth-order valence-corrected chi connectivity index (χ4v) is 3.04. The summed E-state index contributed by atoms with van der Waals surface area (Å²) in [7, 11) is 3.90. The summed E-state index contributed by atoms with van der Waals surface area (Å²) in [5, 5.41) is 9.38. The number of rotatable bonds is 11. The molecule has 0 aliphatic heterocycles. The molecule has 1 aromatic rings. The number of phenolic OH excluding ortho intramolecular Hbond substituents is 1. The van der Waals surface area contributed by atoms with Crippen molar-refractivity contribution >= 4 is 5.78 Å². The first-order chi connectivity index (χ1) is 11.8. The molecule has 0 saturated heterocycles. The van der Waals surface area contributed by atoms with E-state index < -0.39 is 0 Å². The molecule has 140 valence electrons. The van der Waals surface area contributed by atoms with Crippen molar-refractivity contribution in [1.29, 1.82) is 0 Å². The van der Waals surface area contributed by atoms with Crippen molar-refractivity contribution in [2.45, 2.75) is 58.9 Å². The third-order valence-electron chi connectivity index (χ3n) is 4.85. The summed E-state index contributed by atoms with van der Waals surface area (Å²) in [6.45, 7) is 6.77. The van der Waals surface area contributed by atoms with Crippen molar-refractivity contribution in [2.24, 2.45) is 11.8 Å². The van der Waals surface area contributed by atoms with Gasteiger partial charge in [-0.2, -0.15) is 0 Å². The van der Waals surface area contributed by atoms with Gasteiger partial charge < -0.3 is 5.11 Å². The van der Waals surface area contributed by atoms with Crippen molar-refractivity contribution in [1.82, 2.24) is 4.90 Å². The molecular weight excluding hydrogens is 310 g/mol. The minimum absolute atomic E-state index is 0.115. The second-order valence-corrected chi connectivity index (χ2v) is 7.51. The Morgan fingerprint density at radius 3 is 2.40 bits per heavy atom. The molecule has 3 nitrogen and oxygen atoms in total. The van der Waals surface area contributed by atoms with Gasteiger partial charge in [0.25, 0.3) is 0 Å². The lowest BCUT2D eigenvalue weighted by Gasteiger charge is -2.23. The predicted molar refractivity (Wildman–Crippen MR) is 106 cm³/mol. The van der Waals surface area contributed by atoms with Crippen LogP contribution < -0.4 is 0 Å². The van der Waals surface area contributed by atoms with Crippen LogP contribution in [0, 0.1) is 11.8 Å². The number of nitrogens with zero attached hydrogens (tertiary/aromatic N) is 1. The quantitative estimate of drug-likeness (QED) is 0.583. The summed E-state index contributed by atoms with van der Waals surface area (Å²) >= 11 is 0. The number of benzene rings is 1. The molecule has 0 aliphatic rings. The molecule has 0 aromatic heterocycles. The summed E-state index contributed by atoms with van der Waals surface area (Å²) in [5.41, 5.74) is 1.07. The van der Waals surface area contributed by atoms with Crippen molar-refractivity contribution in [3.63, 3.8) is 0 Å². The van der Waals surface area contributed by atoms with E-state index in [0.717, 1.165) is 17.9 Å². The average Bonchev–Trinajstić information content (AvgIpc) is 2.57. The van der Waals surface area contributed by atoms with E-state index in [4.69, 9.17) is 0 Å². The standard InChI is InChI=1S/C22H35NO2/c1-6-17(2)15-18(3)9-7-8-10-22(25)21(23(4)5)16-19-11-13-20(24)14-12-19/h7,9,11-14,17-18,21,24H,6,8,10,15-16H2,1-5H3/b9-7+. The van der Waals surface area contributed by atoms with Crippen molar-refractivity contribution in [3.8, 4) is 5.75 Å². The second kappa shape index (κ2) is 11.1. The SMILES string of the molecule is CCC(C)CC(C)/C=C/CCC(=O)C(Cc1ccc(O)cc1)N(C)C. The first-order valence-electron chi connectivity index (χ1n) is 9.47. The molecule has 0 fully saturated rings. The fourth-order valence-electron chi connectivity index (χ4n) is 3.04. The molecule has 1 rings (SSSR count). The highest BCUT2D eigenvalue weighted by atomic mass is 16.3. The molecule has 3 unspecified atom stereocenters. The van der Waals surface area contributed by atoms with Crippen LogP contribution in [0.4, 0.5) is 0 Å². The van der Waals surface area contributed by atoms with Gasteiger partial charge >= 0.3 is 0 Å². The van der Waals surface area contributed by atoms with Crippen LogP contribution in [0.2, 0.25) is 0 Å². The topological polar surface area (TPSA) is 40.5 Å². The number of hydrogen-bond donors (Lipinski definition) is 1. The Kier molecular flexibility index (Phi) is 9.51. The van der Waals surface area contributed by atoms with Gasteiger partial charge in [0.15, 0.2) is 5.78 Å². The Labute approximate surface area is 153 Å². The number of Topliss-reactive ketones (excluding diaryl/α,β-unsaturated/α-hetero) is 1. The third-order valence-corrected chi connectivity index (χ3v) is 4.85. The number of likely N-dealkylation sites (N-methyl/N-ethyl adjacent to an activating group) is 1. The Hall–Kier alpha value is -1.61. The molecular formula is C22H35NO2. The number of aromatic hydroxyl groups is 1. The highest BCUT2D eigenvalue weighted by Gasteiger charge is 2.20. The zero-order valence-corrected chi connectivity index (χ0v) is 16.5. The van der Waals surface area contributed by atoms with Crippen LogP contribution >= 0.6 is 0 Å². The van der Waals surface area contributed by atoms with Crippen LogP contribution in [-0.4, -0.2) is 35.9 Å². The van der Waals surface area contributed by atoms with Crippen LogP contribution in [0.25, 0.3) is 0 Å². The highest BCUT2D eigenvalue weighted by Crippen LogP contribution is 2.17. The highest BCUT2D eigenvalue weighted by molar-refractivity contribution is 5.84.